The van der Waals surface area contributed by atoms with Crippen molar-refractivity contribution in [3.63, 3.8) is 0 Å². The molecule has 0 spiro atoms. The molecule has 4 heteroatoms. The molecule has 0 aromatic carbocycles. The van der Waals surface area contributed by atoms with Gasteiger partial charge in [-0.25, -0.2) is 0 Å². The third kappa shape index (κ3) is 4.21. The van der Waals surface area contributed by atoms with Crippen molar-refractivity contribution in [2.45, 2.75) is 52.5 Å². The first-order valence-corrected chi connectivity index (χ1v) is 5.80. The Hall–Kier alpha value is -1.06. The standard InChI is InChI=1S/C12H21NO3/c1-12(2,3)7-10(14)13-9-5-4-8(6-9)11(15)16/h8-9H,4-7H2,1-3H3,(H,13,14)(H,15,16)/t8-,9+/m1/s1. The Morgan fingerprint density at radius 1 is 1.31 bits per heavy atom. The third-order valence-corrected chi connectivity index (χ3v) is 2.84. The van der Waals surface area contributed by atoms with E-state index in [9.17, 15) is 9.59 Å². The first kappa shape index (κ1) is 13.0. The lowest BCUT2D eigenvalue weighted by atomic mass is 9.92. The largest absolute Gasteiger partial charge is 0.481 e. The van der Waals surface area contributed by atoms with Crippen LogP contribution in [0.25, 0.3) is 0 Å². The zero-order chi connectivity index (χ0) is 12.3. The van der Waals surface area contributed by atoms with E-state index in [2.05, 4.69) is 5.32 Å². The number of carboxylic acid groups (broad SMARTS) is 1. The van der Waals surface area contributed by atoms with Crippen LogP contribution < -0.4 is 5.32 Å². The van der Waals surface area contributed by atoms with Crippen LogP contribution in [0.15, 0.2) is 0 Å². The Balaban J connectivity index is 2.34. The topological polar surface area (TPSA) is 66.4 Å². The molecule has 0 unspecified atom stereocenters. The van der Waals surface area contributed by atoms with Gasteiger partial charge in [-0.1, -0.05) is 20.8 Å². The first-order chi connectivity index (χ1) is 7.28. The predicted molar refractivity (Wildman–Crippen MR) is 61.0 cm³/mol. The molecule has 0 aliphatic heterocycles. The van der Waals surface area contributed by atoms with Gasteiger partial charge in [0.1, 0.15) is 0 Å². The molecule has 1 amide bonds. The maximum absolute atomic E-state index is 11.6. The molecular formula is C12H21NO3. The van der Waals surface area contributed by atoms with Crippen molar-refractivity contribution in [2.24, 2.45) is 11.3 Å². The average Bonchev–Trinajstić information content (AvgIpc) is 2.48. The Bertz CT molecular complexity index is 280. The van der Waals surface area contributed by atoms with Crippen molar-refractivity contribution in [3.05, 3.63) is 0 Å². The number of carbonyl (C=O) groups excluding carboxylic acids is 1. The highest BCUT2D eigenvalue weighted by Crippen LogP contribution is 2.26. The van der Waals surface area contributed by atoms with Gasteiger partial charge in [0.15, 0.2) is 0 Å². The van der Waals surface area contributed by atoms with E-state index < -0.39 is 5.97 Å². The molecule has 0 saturated heterocycles. The number of nitrogens with one attached hydrogen (secondary N) is 1. The van der Waals surface area contributed by atoms with Crippen LogP contribution >= 0.6 is 0 Å². The Kier molecular flexibility index (Phi) is 3.94. The van der Waals surface area contributed by atoms with Gasteiger partial charge in [-0.3, -0.25) is 9.59 Å². The number of hydrogen-bond acceptors (Lipinski definition) is 2. The molecule has 1 aliphatic carbocycles. The molecule has 16 heavy (non-hydrogen) atoms. The van der Waals surface area contributed by atoms with E-state index >= 15 is 0 Å². The summed E-state index contributed by atoms with van der Waals surface area (Å²) < 4.78 is 0. The predicted octanol–water partition coefficient (Wildman–Crippen LogP) is 1.79. The third-order valence-electron chi connectivity index (χ3n) is 2.84. The Morgan fingerprint density at radius 2 is 1.94 bits per heavy atom. The molecule has 0 aromatic rings. The molecule has 0 aromatic heterocycles. The molecule has 0 heterocycles. The highest BCUT2D eigenvalue weighted by molar-refractivity contribution is 5.77. The Morgan fingerprint density at radius 3 is 2.38 bits per heavy atom. The molecule has 1 aliphatic rings. The zero-order valence-corrected chi connectivity index (χ0v) is 10.2. The van der Waals surface area contributed by atoms with Crippen LogP contribution in [0.3, 0.4) is 0 Å². The van der Waals surface area contributed by atoms with E-state index in [0.717, 1.165) is 6.42 Å². The summed E-state index contributed by atoms with van der Waals surface area (Å²) in [6, 6.07) is 0.0518. The SMILES string of the molecule is CC(C)(C)CC(=O)N[C@H]1CC[C@@H](C(=O)O)C1. The van der Waals surface area contributed by atoms with Crippen LogP contribution in [0.2, 0.25) is 0 Å². The number of aliphatic carboxylic acids is 1. The summed E-state index contributed by atoms with van der Waals surface area (Å²) in [5.74, 6) is -0.990. The number of hydrogen-bond donors (Lipinski definition) is 2. The lowest BCUT2D eigenvalue weighted by molar-refractivity contribution is -0.141. The fourth-order valence-electron chi connectivity index (χ4n) is 2.10. The zero-order valence-electron chi connectivity index (χ0n) is 10.2. The van der Waals surface area contributed by atoms with E-state index in [1.54, 1.807) is 0 Å². The summed E-state index contributed by atoms with van der Waals surface area (Å²) in [7, 11) is 0. The van der Waals surface area contributed by atoms with E-state index in [4.69, 9.17) is 5.11 Å². The second-order valence-electron chi connectivity index (χ2n) is 5.85. The van der Waals surface area contributed by atoms with Crippen molar-refractivity contribution < 1.29 is 14.7 Å². The van der Waals surface area contributed by atoms with Crippen LogP contribution in [-0.2, 0) is 9.59 Å². The second-order valence-corrected chi connectivity index (χ2v) is 5.85. The maximum atomic E-state index is 11.6. The van der Waals surface area contributed by atoms with Gasteiger partial charge in [-0.05, 0) is 24.7 Å². The summed E-state index contributed by atoms with van der Waals surface area (Å²) in [5, 5.41) is 11.8. The summed E-state index contributed by atoms with van der Waals surface area (Å²) in [6.45, 7) is 6.05. The number of carbonyl (C=O) groups is 2. The molecule has 2 atom stereocenters. The van der Waals surface area contributed by atoms with E-state index in [0.29, 0.717) is 19.3 Å². The first-order valence-electron chi connectivity index (χ1n) is 5.80. The highest BCUT2D eigenvalue weighted by atomic mass is 16.4. The number of carboxylic acids is 1. The minimum atomic E-state index is -0.743. The summed E-state index contributed by atoms with van der Waals surface area (Å²) in [5.41, 5.74) is -0.0190. The number of amides is 1. The molecule has 4 nitrogen and oxygen atoms in total. The van der Waals surface area contributed by atoms with Crippen LogP contribution in [-0.4, -0.2) is 23.0 Å². The molecule has 92 valence electrons. The van der Waals surface area contributed by atoms with Gasteiger partial charge < -0.3 is 10.4 Å². The minimum Gasteiger partial charge on any atom is -0.481 e. The van der Waals surface area contributed by atoms with Gasteiger partial charge in [0.05, 0.1) is 5.92 Å². The lowest BCUT2D eigenvalue weighted by Gasteiger charge is -2.19. The fraction of sp³-hybridized carbons (Fsp3) is 0.833. The highest BCUT2D eigenvalue weighted by Gasteiger charge is 2.30. The molecule has 1 saturated carbocycles. The molecule has 0 bridgehead atoms. The van der Waals surface area contributed by atoms with Crippen molar-refractivity contribution in [1.29, 1.82) is 0 Å². The molecular weight excluding hydrogens is 206 g/mol. The minimum absolute atomic E-state index is 0.0190. The number of rotatable bonds is 3. The molecule has 2 N–H and O–H groups in total. The van der Waals surface area contributed by atoms with Crippen LogP contribution in [0.4, 0.5) is 0 Å². The van der Waals surface area contributed by atoms with Gasteiger partial charge in [-0.2, -0.15) is 0 Å². The smallest absolute Gasteiger partial charge is 0.306 e. The van der Waals surface area contributed by atoms with Gasteiger partial charge in [0.25, 0.3) is 0 Å². The van der Waals surface area contributed by atoms with Crippen molar-refractivity contribution in [3.8, 4) is 0 Å². The van der Waals surface area contributed by atoms with Gasteiger partial charge in [-0.15, -0.1) is 0 Å². The summed E-state index contributed by atoms with van der Waals surface area (Å²) in [4.78, 5) is 22.4. The lowest BCUT2D eigenvalue weighted by Crippen LogP contribution is -2.35. The monoisotopic (exact) mass is 227 g/mol. The molecule has 1 fully saturated rings. The summed E-state index contributed by atoms with van der Waals surface area (Å²) in [6.07, 6.45) is 2.52. The van der Waals surface area contributed by atoms with Gasteiger partial charge in [0.2, 0.25) is 5.91 Å². The average molecular weight is 227 g/mol. The fourth-order valence-corrected chi connectivity index (χ4v) is 2.10. The molecule has 0 radical (unpaired) electrons. The van der Waals surface area contributed by atoms with Gasteiger partial charge >= 0.3 is 5.97 Å². The van der Waals surface area contributed by atoms with Crippen molar-refractivity contribution in [1.82, 2.24) is 5.32 Å². The van der Waals surface area contributed by atoms with E-state index in [1.165, 1.54) is 0 Å². The van der Waals surface area contributed by atoms with Gasteiger partial charge in [0, 0.05) is 12.5 Å². The van der Waals surface area contributed by atoms with Crippen LogP contribution in [0.5, 0.6) is 0 Å². The summed E-state index contributed by atoms with van der Waals surface area (Å²) >= 11 is 0. The van der Waals surface area contributed by atoms with Crippen LogP contribution in [0, 0.1) is 11.3 Å². The Labute approximate surface area is 96.4 Å². The van der Waals surface area contributed by atoms with E-state index in [-0.39, 0.29) is 23.3 Å². The van der Waals surface area contributed by atoms with Crippen molar-refractivity contribution in [2.75, 3.05) is 0 Å². The van der Waals surface area contributed by atoms with E-state index in [1.807, 2.05) is 20.8 Å². The van der Waals surface area contributed by atoms with Crippen LogP contribution in [0.1, 0.15) is 46.5 Å². The maximum Gasteiger partial charge on any atom is 0.306 e. The normalized spacial score (nSPS) is 25.4. The molecule has 1 rings (SSSR count). The second kappa shape index (κ2) is 4.85. The van der Waals surface area contributed by atoms with Crippen molar-refractivity contribution >= 4 is 11.9 Å². The quantitative estimate of drug-likeness (QED) is 0.772.